The van der Waals surface area contributed by atoms with Crippen LogP contribution in [-0.2, 0) is 11.3 Å². The topological polar surface area (TPSA) is 42.8 Å². The van der Waals surface area contributed by atoms with Crippen molar-refractivity contribution in [1.29, 1.82) is 0 Å². The molecule has 0 aliphatic carbocycles. The maximum Gasteiger partial charge on any atom is 0.282 e. The number of methoxy groups -OCH3 is 1. The molecule has 1 unspecified atom stereocenters. The van der Waals surface area contributed by atoms with Gasteiger partial charge in [0.2, 0.25) is 0 Å². The van der Waals surface area contributed by atoms with E-state index in [2.05, 4.69) is 5.32 Å². The molecule has 2 aromatic rings. The van der Waals surface area contributed by atoms with Crippen LogP contribution in [0.5, 0.6) is 5.75 Å². The molecule has 2 rings (SSSR count). The van der Waals surface area contributed by atoms with Crippen LogP contribution in [0.4, 0.5) is 5.69 Å². The predicted molar refractivity (Wildman–Crippen MR) is 92.9 cm³/mol. The number of benzene rings is 2. The van der Waals surface area contributed by atoms with E-state index in [4.69, 9.17) is 4.74 Å². The average Bonchev–Trinajstić information content (AvgIpc) is 2.56. The van der Waals surface area contributed by atoms with Crippen molar-refractivity contribution >= 4 is 11.6 Å². The standard InChI is InChI=1S/C19H24N2O2/c1-14-5-9-17(10-6-14)20-19(22)15(2)21(3)13-16-7-11-18(23-4)12-8-16/h5-12,15H,13H2,1-4H3,(H,20,22)/p+1/t15-/m1/s1. The molecule has 4 nitrogen and oxygen atoms in total. The number of aryl methyl sites for hydroxylation is 1. The average molecular weight is 313 g/mol. The van der Waals surface area contributed by atoms with Gasteiger partial charge in [0.1, 0.15) is 12.3 Å². The zero-order valence-corrected chi connectivity index (χ0v) is 14.2. The van der Waals surface area contributed by atoms with Crippen LogP contribution in [0.25, 0.3) is 0 Å². The number of nitrogens with one attached hydrogen (secondary N) is 2. The molecule has 0 spiro atoms. The Balaban J connectivity index is 1.93. The molecule has 23 heavy (non-hydrogen) atoms. The van der Waals surface area contributed by atoms with E-state index in [9.17, 15) is 4.79 Å². The summed E-state index contributed by atoms with van der Waals surface area (Å²) in [5, 5.41) is 2.97. The summed E-state index contributed by atoms with van der Waals surface area (Å²) in [4.78, 5) is 13.5. The molecule has 0 bridgehead atoms. The lowest BCUT2D eigenvalue weighted by Gasteiger charge is -2.21. The van der Waals surface area contributed by atoms with Gasteiger partial charge in [-0.15, -0.1) is 0 Å². The van der Waals surface area contributed by atoms with Gasteiger partial charge < -0.3 is 15.0 Å². The lowest BCUT2D eigenvalue weighted by molar-refractivity contribution is -0.907. The number of carbonyl (C=O) groups excluding carboxylic acids is 1. The van der Waals surface area contributed by atoms with E-state index >= 15 is 0 Å². The Hall–Kier alpha value is -2.33. The van der Waals surface area contributed by atoms with E-state index in [0.717, 1.165) is 22.9 Å². The molecule has 2 atom stereocenters. The summed E-state index contributed by atoms with van der Waals surface area (Å²) in [6, 6.07) is 15.7. The number of anilines is 1. The third-order valence-corrected chi connectivity index (χ3v) is 4.09. The van der Waals surface area contributed by atoms with Crippen molar-refractivity contribution in [2.45, 2.75) is 26.4 Å². The number of carbonyl (C=O) groups is 1. The molecule has 0 saturated heterocycles. The lowest BCUT2D eigenvalue weighted by atomic mass is 10.1. The summed E-state index contributed by atoms with van der Waals surface area (Å²) in [7, 11) is 3.69. The van der Waals surface area contributed by atoms with Gasteiger partial charge in [0.25, 0.3) is 5.91 Å². The highest BCUT2D eigenvalue weighted by molar-refractivity contribution is 5.93. The zero-order valence-electron chi connectivity index (χ0n) is 14.2. The third kappa shape index (κ3) is 4.83. The van der Waals surface area contributed by atoms with Crippen molar-refractivity contribution in [2.24, 2.45) is 0 Å². The minimum absolute atomic E-state index is 0.0277. The summed E-state index contributed by atoms with van der Waals surface area (Å²) >= 11 is 0. The fraction of sp³-hybridized carbons (Fsp3) is 0.316. The molecule has 0 aromatic heterocycles. The monoisotopic (exact) mass is 313 g/mol. The van der Waals surface area contributed by atoms with Crippen LogP contribution in [0, 0.1) is 6.92 Å². The number of hydrogen-bond donors (Lipinski definition) is 2. The van der Waals surface area contributed by atoms with Crippen LogP contribution in [0.1, 0.15) is 18.1 Å². The third-order valence-electron chi connectivity index (χ3n) is 4.09. The smallest absolute Gasteiger partial charge is 0.282 e. The molecular weight excluding hydrogens is 288 g/mol. The van der Waals surface area contributed by atoms with E-state index in [1.807, 2.05) is 69.4 Å². The maximum absolute atomic E-state index is 12.4. The molecule has 0 aliphatic rings. The van der Waals surface area contributed by atoms with Crippen LogP contribution < -0.4 is 15.0 Å². The summed E-state index contributed by atoms with van der Waals surface area (Å²) < 4.78 is 5.16. The molecule has 122 valence electrons. The summed E-state index contributed by atoms with van der Waals surface area (Å²) in [6.07, 6.45) is 0. The number of quaternary nitrogens is 1. The number of hydrogen-bond acceptors (Lipinski definition) is 2. The van der Waals surface area contributed by atoms with E-state index in [1.54, 1.807) is 7.11 Å². The highest BCUT2D eigenvalue weighted by Crippen LogP contribution is 2.11. The van der Waals surface area contributed by atoms with Gasteiger partial charge in [0.15, 0.2) is 6.04 Å². The first kappa shape index (κ1) is 17.0. The first-order valence-corrected chi connectivity index (χ1v) is 7.82. The van der Waals surface area contributed by atoms with Crippen molar-refractivity contribution in [2.75, 3.05) is 19.5 Å². The predicted octanol–water partition coefficient (Wildman–Crippen LogP) is 2.05. The number of rotatable bonds is 6. The maximum atomic E-state index is 12.4. The van der Waals surface area contributed by atoms with Crippen molar-refractivity contribution in [3.8, 4) is 5.75 Å². The van der Waals surface area contributed by atoms with E-state index < -0.39 is 0 Å². The minimum Gasteiger partial charge on any atom is -0.497 e. The molecule has 4 heteroatoms. The first-order chi connectivity index (χ1) is 11.0. The van der Waals surface area contributed by atoms with Crippen molar-refractivity contribution in [3.05, 3.63) is 59.7 Å². The molecule has 0 aliphatic heterocycles. The quantitative estimate of drug-likeness (QED) is 0.857. The van der Waals surface area contributed by atoms with E-state index in [1.165, 1.54) is 11.1 Å². The Morgan fingerprint density at radius 2 is 1.74 bits per heavy atom. The first-order valence-electron chi connectivity index (χ1n) is 7.82. The normalized spacial score (nSPS) is 13.2. The molecule has 0 fully saturated rings. The molecule has 0 saturated carbocycles. The Bertz CT molecular complexity index is 635. The second-order valence-corrected chi connectivity index (χ2v) is 5.95. The summed E-state index contributed by atoms with van der Waals surface area (Å²) in [6.45, 7) is 4.76. The largest absolute Gasteiger partial charge is 0.497 e. The highest BCUT2D eigenvalue weighted by Gasteiger charge is 2.22. The highest BCUT2D eigenvalue weighted by atomic mass is 16.5. The molecular formula is C19H25N2O2+. The Kier molecular flexibility index (Phi) is 5.77. The number of amides is 1. The van der Waals surface area contributed by atoms with Crippen LogP contribution in [-0.4, -0.2) is 26.1 Å². The Morgan fingerprint density at radius 1 is 1.13 bits per heavy atom. The second kappa shape index (κ2) is 7.79. The van der Waals surface area contributed by atoms with Gasteiger partial charge >= 0.3 is 0 Å². The zero-order chi connectivity index (χ0) is 16.8. The van der Waals surface area contributed by atoms with Gasteiger partial charge in [0, 0.05) is 11.3 Å². The van der Waals surface area contributed by atoms with Crippen molar-refractivity contribution in [1.82, 2.24) is 0 Å². The van der Waals surface area contributed by atoms with Gasteiger partial charge in [-0.05, 0) is 50.2 Å². The van der Waals surface area contributed by atoms with Gasteiger partial charge in [-0.3, -0.25) is 4.79 Å². The fourth-order valence-corrected chi connectivity index (χ4v) is 2.33. The van der Waals surface area contributed by atoms with Gasteiger partial charge in [-0.25, -0.2) is 0 Å². The minimum atomic E-state index is -0.140. The molecule has 0 radical (unpaired) electrons. The molecule has 2 aromatic carbocycles. The van der Waals surface area contributed by atoms with Crippen LogP contribution >= 0.6 is 0 Å². The van der Waals surface area contributed by atoms with Crippen molar-refractivity contribution < 1.29 is 14.4 Å². The van der Waals surface area contributed by atoms with Crippen LogP contribution in [0.15, 0.2) is 48.5 Å². The number of ether oxygens (including phenoxy) is 1. The van der Waals surface area contributed by atoms with Gasteiger partial charge in [-0.1, -0.05) is 17.7 Å². The molecule has 1 amide bonds. The fourth-order valence-electron chi connectivity index (χ4n) is 2.33. The summed E-state index contributed by atoms with van der Waals surface area (Å²) in [5.74, 6) is 0.872. The number of likely N-dealkylation sites (N-methyl/N-ethyl adjacent to an activating group) is 1. The van der Waals surface area contributed by atoms with E-state index in [0.29, 0.717) is 0 Å². The Morgan fingerprint density at radius 3 is 2.30 bits per heavy atom. The van der Waals surface area contributed by atoms with Gasteiger partial charge in [0.05, 0.1) is 14.2 Å². The lowest BCUT2D eigenvalue weighted by Crippen LogP contribution is -3.12. The van der Waals surface area contributed by atoms with Crippen LogP contribution in [0.2, 0.25) is 0 Å². The summed E-state index contributed by atoms with van der Waals surface area (Å²) in [5.41, 5.74) is 3.20. The van der Waals surface area contributed by atoms with E-state index in [-0.39, 0.29) is 11.9 Å². The van der Waals surface area contributed by atoms with Gasteiger partial charge in [-0.2, -0.15) is 0 Å². The van der Waals surface area contributed by atoms with Crippen LogP contribution in [0.3, 0.4) is 0 Å². The molecule has 0 heterocycles. The second-order valence-electron chi connectivity index (χ2n) is 5.95. The Labute approximate surface area is 138 Å². The SMILES string of the molecule is COc1ccc(C[NH+](C)[C@H](C)C(=O)Nc2ccc(C)cc2)cc1. The van der Waals surface area contributed by atoms with Crippen molar-refractivity contribution in [3.63, 3.8) is 0 Å². The molecule has 2 N–H and O–H groups in total.